The summed E-state index contributed by atoms with van der Waals surface area (Å²) in [6, 6.07) is 6.01. The quantitative estimate of drug-likeness (QED) is 0.778. The molecule has 0 saturated carbocycles. The Bertz CT molecular complexity index is 1090. The number of amides is 1. The van der Waals surface area contributed by atoms with E-state index in [9.17, 15) is 4.79 Å². The second-order valence-corrected chi connectivity index (χ2v) is 9.72. The van der Waals surface area contributed by atoms with Crippen molar-refractivity contribution >= 4 is 30.9 Å². The van der Waals surface area contributed by atoms with Gasteiger partial charge in [0.15, 0.2) is 11.5 Å². The van der Waals surface area contributed by atoms with E-state index in [4.69, 9.17) is 4.42 Å². The summed E-state index contributed by atoms with van der Waals surface area (Å²) in [7, 11) is 0.509. The first kappa shape index (κ1) is 17.4. The number of hydrogen-bond donors (Lipinski definition) is 1. The van der Waals surface area contributed by atoms with E-state index < -0.39 is 0 Å². The van der Waals surface area contributed by atoms with Crippen molar-refractivity contribution in [1.29, 1.82) is 0 Å². The van der Waals surface area contributed by atoms with E-state index in [-0.39, 0.29) is 11.7 Å². The number of carbonyl (C=O) groups is 1. The van der Waals surface area contributed by atoms with Crippen LogP contribution in [0, 0.1) is 18.8 Å². The number of benzene rings is 1. The number of allylic oxidation sites excluding steroid dienone is 1. The van der Waals surface area contributed by atoms with Crippen LogP contribution in [0.1, 0.15) is 11.5 Å². The molecule has 29 heavy (non-hydrogen) atoms. The molecule has 4 aliphatic heterocycles. The molecule has 5 heterocycles. The molecule has 1 amide bonds. The lowest BCUT2D eigenvalue weighted by atomic mass is 10.0. The first-order valence-corrected chi connectivity index (χ1v) is 11.3. The fourth-order valence-electron chi connectivity index (χ4n) is 4.89. The Morgan fingerprint density at radius 1 is 1.24 bits per heavy atom. The number of hydrogen-bond acceptors (Lipinski definition) is 5. The highest BCUT2D eigenvalue weighted by molar-refractivity contribution is 7.51. The molecule has 1 aromatic carbocycles. The molecule has 6 nitrogen and oxygen atoms in total. The van der Waals surface area contributed by atoms with Gasteiger partial charge in [-0.15, -0.1) is 0 Å². The van der Waals surface area contributed by atoms with E-state index in [1.165, 1.54) is 5.70 Å². The molecular formula is C22H23N4O2P. The van der Waals surface area contributed by atoms with Crippen molar-refractivity contribution in [2.45, 2.75) is 12.7 Å². The van der Waals surface area contributed by atoms with E-state index in [2.05, 4.69) is 33.6 Å². The molecule has 3 unspecified atom stereocenters. The first-order valence-electron chi connectivity index (χ1n) is 10.2. The third-order valence-corrected chi connectivity index (χ3v) is 7.92. The number of rotatable bonds is 2. The summed E-state index contributed by atoms with van der Waals surface area (Å²) in [6.07, 6.45) is 8.25. The van der Waals surface area contributed by atoms with Crippen LogP contribution in [-0.2, 0) is 4.79 Å². The Hall–Kier alpha value is -2.43. The molecule has 4 aliphatic rings. The summed E-state index contributed by atoms with van der Waals surface area (Å²) < 4.78 is 5.67. The summed E-state index contributed by atoms with van der Waals surface area (Å²) in [5.41, 5.74) is 3.85. The van der Waals surface area contributed by atoms with Crippen molar-refractivity contribution in [2.24, 2.45) is 11.8 Å². The van der Waals surface area contributed by atoms with Gasteiger partial charge in [0, 0.05) is 45.4 Å². The molecule has 4 atom stereocenters. The first-order chi connectivity index (χ1) is 14.1. The molecule has 0 radical (unpaired) electrons. The smallest absolute Gasteiger partial charge is 0.252 e. The molecule has 2 fully saturated rings. The van der Waals surface area contributed by atoms with E-state index in [0.717, 1.165) is 60.0 Å². The van der Waals surface area contributed by atoms with E-state index in [1.54, 1.807) is 6.08 Å². The predicted octanol–water partition coefficient (Wildman–Crippen LogP) is 2.89. The lowest BCUT2D eigenvalue weighted by Crippen LogP contribution is -2.37. The number of carbonyl (C=O) groups excluding carboxylic acids is 1. The molecule has 2 saturated heterocycles. The van der Waals surface area contributed by atoms with Crippen LogP contribution in [0.4, 0.5) is 0 Å². The van der Waals surface area contributed by atoms with Gasteiger partial charge in [0.2, 0.25) is 0 Å². The van der Waals surface area contributed by atoms with E-state index in [0.29, 0.717) is 14.5 Å². The van der Waals surface area contributed by atoms with Gasteiger partial charge in [-0.25, -0.2) is 4.98 Å². The predicted molar refractivity (Wildman–Crippen MR) is 114 cm³/mol. The van der Waals surface area contributed by atoms with Gasteiger partial charge in [-0.2, -0.15) is 0 Å². The summed E-state index contributed by atoms with van der Waals surface area (Å²) in [5, 5.41) is 4.57. The van der Waals surface area contributed by atoms with Crippen molar-refractivity contribution in [3.8, 4) is 0 Å². The molecule has 7 heteroatoms. The third kappa shape index (κ3) is 2.93. The summed E-state index contributed by atoms with van der Waals surface area (Å²) in [5.74, 6) is 2.29. The average Bonchev–Trinajstić information content (AvgIpc) is 3.40. The highest BCUT2D eigenvalue weighted by Crippen LogP contribution is 2.45. The van der Waals surface area contributed by atoms with E-state index >= 15 is 0 Å². The number of nitrogens with one attached hydrogen (secondary N) is 1. The summed E-state index contributed by atoms with van der Waals surface area (Å²) in [6.45, 7) is 6.25. The number of likely N-dealkylation sites (tertiary alicyclic amines) is 1. The van der Waals surface area contributed by atoms with Crippen molar-refractivity contribution in [1.82, 2.24) is 20.1 Å². The number of oxazole rings is 1. The zero-order chi connectivity index (χ0) is 19.5. The topological polar surface area (TPSA) is 61.6 Å². The second kappa shape index (κ2) is 6.54. The van der Waals surface area contributed by atoms with Crippen LogP contribution in [-0.4, -0.2) is 52.7 Å². The molecule has 0 spiro atoms. The van der Waals surface area contributed by atoms with Gasteiger partial charge in [0.05, 0.1) is 11.5 Å². The van der Waals surface area contributed by atoms with Crippen LogP contribution in [0.5, 0.6) is 0 Å². The maximum Gasteiger partial charge on any atom is 0.252 e. The monoisotopic (exact) mass is 406 g/mol. The molecule has 2 aromatic rings. The Balaban J connectivity index is 1.26. The van der Waals surface area contributed by atoms with Gasteiger partial charge < -0.3 is 19.5 Å². The normalized spacial score (nSPS) is 29.4. The summed E-state index contributed by atoms with van der Waals surface area (Å²) in [4.78, 5) is 21.7. The van der Waals surface area contributed by atoms with Gasteiger partial charge in [-0.05, 0) is 40.9 Å². The standard InChI is InChI=1S/C22H23N4O2P/c1-13-24-18-4-2-14(6-19(18)28-13)20-7-21(27)26-12-17(3-5-22(26)29-20)25-10-15-8-23-9-16(15)11-25/h2-7,12,15-16,22-23,29H,8-11H2,1H3/t15-,16?,22?/m1/s1. The minimum Gasteiger partial charge on any atom is -0.441 e. The van der Waals surface area contributed by atoms with Gasteiger partial charge in [-0.1, -0.05) is 20.7 Å². The molecule has 0 aliphatic carbocycles. The minimum atomic E-state index is 0.0560. The lowest BCUT2D eigenvalue weighted by molar-refractivity contribution is -0.123. The Morgan fingerprint density at radius 3 is 2.90 bits per heavy atom. The van der Waals surface area contributed by atoms with Crippen LogP contribution < -0.4 is 5.32 Å². The molecule has 1 N–H and O–H groups in total. The van der Waals surface area contributed by atoms with E-state index in [1.807, 2.05) is 30.0 Å². The Kier molecular flexibility index (Phi) is 3.93. The zero-order valence-electron chi connectivity index (χ0n) is 16.3. The van der Waals surface area contributed by atoms with Gasteiger partial charge >= 0.3 is 0 Å². The fraction of sp³-hybridized carbons (Fsp3) is 0.364. The fourth-order valence-corrected chi connectivity index (χ4v) is 6.27. The van der Waals surface area contributed by atoms with Crippen molar-refractivity contribution in [3.63, 3.8) is 0 Å². The maximum absolute atomic E-state index is 12.9. The lowest BCUT2D eigenvalue weighted by Gasteiger charge is -2.35. The largest absolute Gasteiger partial charge is 0.441 e. The van der Waals surface area contributed by atoms with Crippen molar-refractivity contribution < 1.29 is 9.21 Å². The van der Waals surface area contributed by atoms with Crippen LogP contribution in [0.25, 0.3) is 16.4 Å². The zero-order valence-corrected chi connectivity index (χ0v) is 17.3. The molecular weight excluding hydrogens is 383 g/mol. The van der Waals surface area contributed by atoms with Crippen LogP contribution in [0.2, 0.25) is 0 Å². The minimum absolute atomic E-state index is 0.0560. The maximum atomic E-state index is 12.9. The number of aromatic nitrogens is 1. The number of nitrogens with zero attached hydrogens (tertiary/aromatic N) is 3. The second-order valence-electron chi connectivity index (χ2n) is 8.30. The Labute approximate surface area is 171 Å². The van der Waals surface area contributed by atoms with Crippen LogP contribution in [0.3, 0.4) is 0 Å². The highest BCUT2D eigenvalue weighted by atomic mass is 31.1. The van der Waals surface area contributed by atoms with Gasteiger partial charge in [0.1, 0.15) is 5.52 Å². The molecule has 148 valence electrons. The van der Waals surface area contributed by atoms with Gasteiger partial charge in [-0.3, -0.25) is 4.79 Å². The van der Waals surface area contributed by atoms with Crippen LogP contribution in [0.15, 0.2) is 52.7 Å². The third-order valence-electron chi connectivity index (χ3n) is 6.41. The number of fused-ring (bicyclic) bond motifs is 3. The summed E-state index contributed by atoms with van der Waals surface area (Å²) >= 11 is 0. The number of aryl methyl sites for hydroxylation is 1. The average molecular weight is 406 g/mol. The molecule has 0 bridgehead atoms. The SMILES string of the molecule is Cc1nc2ccc(C3=CC(=O)N4C=C(N5CC6CNC[C@@H]6C5)C=CC4P3)cc2o1. The highest BCUT2D eigenvalue weighted by Gasteiger charge is 2.38. The van der Waals surface area contributed by atoms with Crippen molar-refractivity contribution in [3.05, 3.63) is 59.8 Å². The molecule has 1 aromatic heterocycles. The van der Waals surface area contributed by atoms with Crippen LogP contribution >= 0.6 is 8.58 Å². The van der Waals surface area contributed by atoms with Crippen molar-refractivity contribution in [2.75, 3.05) is 26.2 Å². The van der Waals surface area contributed by atoms with Gasteiger partial charge in [0.25, 0.3) is 5.91 Å². The Morgan fingerprint density at radius 2 is 2.07 bits per heavy atom. The molecule has 6 rings (SSSR count).